The van der Waals surface area contributed by atoms with Crippen molar-refractivity contribution in [2.45, 2.75) is 19.4 Å². The van der Waals surface area contributed by atoms with E-state index in [1.807, 2.05) is 24.3 Å². The Morgan fingerprint density at radius 2 is 2.05 bits per heavy atom. The molecular weight excluding hydrogens is 268 g/mol. The van der Waals surface area contributed by atoms with Crippen molar-refractivity contribution in [2.24, 2.45) is 0 Å². The Morgan fingerprint density at radius 3 is 2.62 bits per heavy atom. The molecule has 5 heteroatoms. The van der Waals surface area contributed by atoms with Crippen LogP contribution in [0, 0.1) is 0 Å². The van der Waals surface area contributed by atoms with Gasteiger partial charge in [0, 0.05) is 17.8 Å². The molecule has 0 aliphatic rings. The number of furan rings is 1. The summed E-state index contributed by atoms with van der Waals surface area (Å²) in [5.41, 5.74) is 1.50. The molecule has 0 saturated heterocycles. The topological polar surface area (TPSA) is 74.5 Å². The van der Waals surface area contributed by atoms with Crippen LogP contribution in [-0.4, -0.2) is 24.2 Å². The predicted octanol–water partition coefficient (Wildman–Crippen LogP) is 2.56. The van der Waals surface area contributed by atoms with E-state index in [9.17, 15) is 4.79 Å². The second-order valence-corrected chi connectivity index (χ2v) is 4.68. The molecule has 0 fully saturated rings. The third-order valence-electron chi connectivity index (χ3n) is 3.18. The molecule has 1 unspecified atom stereocenters. The number of carbonyl (C=O) groups excluding carboxylic acids is 1. The first kappa shape index (κ1) is 15.1. The number of aliphatic hydroxyl groups is 1. The van der Waals surface area contributed by atoms with Crippen molar-refractivity contribution in [2.75, 3.05) is 18.5 Å². The molecule has 5 nitrogen and oxygen atoms in total. The zero-order valence-electron chi connectivity index (χ0n) is 12.0. The maximum atomic E-state index is 11.7. The summed E-state index contributed by atoms with van der Waals surface area (Å²) >= 11 is 0. The van der Waals surface area contributed by atoms with Gasteiger partial charge in [-0.25, -0.2) is 0 Å². The zero-order chi connectivity index (χ0) is 15.1. The lowest BCUT2D eigenvalue weighted by Gasteiger charge is -2.16. The molecule has 1 aromatic heterocycles. The molecule has 0 spiro atoms. The molecule has 3 N–H and O–H groups in total. The van der Waals surface area contributed by atoms with Gasteiger partial charge in [-0.2, -0.15) is 0 Å². The van der Waals surface area contributed by atoms with Crippen LogP contribution in [0.15, 0.2) is 47.1 Å². The summed E-state index contributed by atoms with van der Waals surface area (Å²) in [5, 5.41) is 14.7. The Kier molecular flexibility index (Phi) is 5.40. The van der Waals surface area contributed by atoms with Gasteiger partial charge in [-0.1, -0.05) is 6.92 Å². The fourth-order valence-electron chi connectivity index (χ4n) is 2.05. The minimum Gasteiger partial charge on any atom is -0.467 e. The van der Waals surface area contributed by atoms with Gasteiger partial charge < -0.3 is 20.2 Å². The van der Waals surface area contributed by atoms with Crippen LogP contribution in [0.25, 0.3) is 0 Å². The van der Waals surface area contributed by atoms with Crippen LogP contribution >= 0.6 is 0 Å². The van der Waals surface area contributed by atoms with E-state index in [2.05, 4.69) is 17.6 Å². The molecule has 1 heterocycles. The number of carbonyl (C=O) groups is 1. The standard InChI is InChI=1S/C16H20N2O3/c1-2-14(15-4-3-11-21-15)18-13-7-5-12(6-8-13)16(20)17-9-10-19/h3-8,11,14,18-19H,2,9-10H2,1H3,(H,17,20). The van der Waals surface area contributed by atoms with E-state index in [0.29, 0.717) is 5.56 Å². The number of benzene rings is 1. The Morgan fingerprint density at radius 1 is 1.29 bits per heavy atom. The number of rotatable bonds is 7. The van der Waals surface area contributed by atoms with Gasteiger partial charge in [-0.3, -0.25) is 4.79 Å². The van der Waals surface area contributed by atoms with E-state index in [1.54, 1.807) is 18.4 Å². The highest BCUT2D eigenvalue weighted by atomic mass is 16.3. The second kappa shape index (κ2) is 7.50. The van der Waals surface area contributed by atoms with Crippen molar-refractivity contribution < 1.29 is 14.3 Å². The number of anilines is 1. The minimum atomic E-state index is -0.186. The van der Waals surface area contributed by atoms with Crippen molar-refractivity contribution >= 4 is 11.6 Å². The molecule has 2 aromatic rings. The van der Waals surface area contributed by atoms with Gasteiger partial charge in [-0.05, 0) is 42.8 Å². The van der Waals surface area contributed by atoms with Gasteiger partial charge >= 0.3 is 0 Å². The van der Waals surface area contributed by atoms with Crippen molar-refractivity contribution in [3.8, 4) is 0 Å². The smallest absolute Gasteiger partial charge is 0.251 e. The molecule has 1 aromatic carbocycles. The molecule has 0 radical (unpaired) electrons. The SMILES string of the molecule is CCC(Nc1ccc(C(=O)NCCO)cc1)c1ccco1. The number of nitrogens with one attached hydrogen (secondary N) is 2. The second-order valence-electron chi connectivity index (χ2n) is 4.68. The molecule has 1 amide bonds. The summed E-state index contributed by atoms with van der Waals surface area (Å²) in [4.78, 5) is 11.7. The number of hydrogen-bond acceptors (Lipinski definition) is 4. The van der Waals surface area contributed by atoms with Crippen molar-refractivity contribution in [3.63, 3.8) is 0 Å². The Hall–Kier alpha value is -2.27. The summed E-state index contributed by atoms with van der Waals surface area (Å²) in [6.45, 7) is 2.28. The molecule has 0 aliphatic carbocycles. The maximum absolute atomic E-state index is 11.7. The molecule has 0 saturated carbocycles. The highest BCUT2D eigenvalue weighted by molar-refractivity contribution is 5.94. The maximum Gasteiger partial charge on any atom is 0.251 e. The first-order valence-corrected chi connectivity index (χ1v) is 7.03. The van der Waals surface area contributed by atoms with Crippen LogP contribution in [0.3, 0.4) is 0 Å². The fraction of sp³-hybridized carbons (Fsp3) is 0.312. The zero-order valence-corrected chi connectivity index (χ0v) is 12.0. The number of amides is 1. The molecule has 1 atom stereocenters. The Balaban J connectivity index is 2.00. The van der Waals surface area contributed by atoms with E-state index in [4.69, 9.17) is 9.52 Å². The number of hydrogen-bond donors (Lipinski definition) is 3. The van der Waals surface area contributed by atoms with Crippen molar-refractivity contribution in [3.05, 3.63) is 54.0 Å². The number of aliphatic hydroxyl groups excluding tert-OH is 1. The van der Waals surface area contributed by atoms with E-state index < -0.39 is 0 Å². The van der Waals surface area contributed by atoms with Gasteiger partial charge in [0.2, 0.25) is 0 Å². The average molecular weight is 288 g/mol. The molecule has 2 rings (SSSR count). The minimum absolute atomic E-state index is 0.0628. The molecule has 0 aliphatic heterocycles. The van der Waals surface area contributed by atoms with Crippen LogP contribution in [-0.2, 0) is 0 Å². The summed E-state index contributed by atoms with van der Waals surface area (Å²) in [7, 11) is 0. The van der Waals surface area contributed by atoms with Crippen molar-refractivity contribution in [1.82, 2.24) is 5.32 Å². The summed E-state index contributed by atoms with van der Waals surface area (Å²) in [5.74, 6) is 0.705. The lowest BCUT2D eigenvalue weighted by molar-refractivity contribution is 0.0945. The lowest BCUT2D eigenvalue weighted by atomic mass is 10.1. The average Bonchev–Trinajstić information content (AvgIpc) is 3.05. The monoisotopic (exact) mass is 288 g/mol. The van der Waals surface area contributed by atoms with E-state index in [1.165, 1.54) is 0 Å². The third kappa shape index (κ3) is 4.10. The highest BCUT2D eigenvalue weighted by Gasteiger charge is 2.12. The highest BCUT2D eigenvalue weighted by Crippen LogP contribution is 2.23. The van der Waals surface area contributed by atoms with Crippen LogP contribution in [0.4, 0.5) is 5.69 Å². The summed E-state index contributed by atoms with van der Waals surface area (Å²) in [6.07, 6.45) is 2.56. The van der Waals surface area contributed by atoms with Crippen LogP contribution < -0.4 is 10.6 Å². The molecule has 21 heavy (non-hydrogen) atoms. The van der Waals surface area contributed by atoms with Gasteiger partial charge in [0.15, 0.2) is 0 Å². The normalized spacial score (nSPS) is 11.9. The van der Waals surface area contributed by atoms with Gasteiger partial charge in [-0.15, -0.1) is 0 Å². The van der Waals surface area contributed by atoms with Gasteiger partial charge in [0.1, 0.15) is 5.76 Å². The lowest BCUT2D eigenvalue weighted by Crippen LogP contribution is -2.26. The van der Waals surface area contributed by atoms with Gasteiger partial charge in [0.05, 0.1) is 18.9 Å². The van der Waals surface area contributed by atoms with Gasteiger partial charge in [0.25, 0.3) is 5.91 Å². The van der Waals surface area contributed by atoms with Crippen molar-refractivity contribution in [1.29, 1.82) is 0 Å². The van der Waals surface area contributed by atoms with Crippen LogP contribution in [0.2, 0.25) is 0 Å². The first-order valence-electron chi connectivity index (χ1n) is 7.03. The van der Waals surface area contributed by atoms with E-state index in [-0.39, 0.29) is 25.1 Å². The van der Waals surface area contributed by atoms with E-state index >= 15 is 0 Å². The molecular formula is C16H20N2O3. The predicted molar refractivity (Wildman–Crippen MR) is 81.2 cm³/mol. The Bertz CT molecular complexity index is 549. The summed E-state index contributed by atoms with van der Waals surface area (Å²) < 4.78 is 5.41. The first-order chi connectivity index (χ1) is 10.2. The largest absolute Gasteiger partial charge is 0.467 e. The fourth-order valence-corrected chi connectivity index (χ4v) is 2.05. The third-order valence-corrected chi connectivity index (χ3v) is 3.18. The summed E-state index contributed by atoms with van der Waals surface area (Å²) in [6, 6.07) is 11.1. The Labute approximate surface area is 124 Å². The van der Waals surface area contributed by atoms with Crippen LogP contribution in [0.5, 0.6) is 0 Å². The molecule has 112 valence electrons. The van der Waals surface area contributed by atoms with E-state index in [0.717, 1.165) is 17.9 Å². The van der Waals surface area contributed by atoms with Crippen LogP contribution in [0.1, 0.15) is 35.5 Å². The quantitative estimate of drug-likeness (QED) is 0.732. The molecule has 0 bridgehead atoms.